The van der Waals surface area contributed by atoms with Gasteiger partial charge in [-0.05, 0) is 38.3 Å². The number of alkyl halides is 1. The zero-order chi connectivity index (χ0) is 9.52. The van der Waals surface area contributed by atoms with Crippen LogP contribution in [0.2, 0.25) is 0 Å². The molecule has 0 radical (unpaired) electrons. The third-order valence-corrected chi connectivity index (χ3v) is 2.91. The summed E-state index contributed by atoms with van der Waals surface area (Å²) >= 11 is 5.57. The van der Waals surface area contributed by atoms with Crippen molar-refractivity contribution in [3.8, 4) is 0 Å². The van der Waals surface area contributed by atoms with Gasteiger partial charge in [0.25, 0.3) is 0 Å². The lowest BCUT2D eigenvalue weighted by molar-refractivity contribution is 0.311. The Labute approximate surface area is 86.8 Å². The minimum Gasteiger partial charge on any atom is -0.300 e. The van der Waals surface area contributed by atoms with Crippen molar-refractivity contribution in [2.45, 2.75) is 26.2 Å². The minimum absolute atomic E-state index is 0.643. The van der Waals surface area contributed by atoms with E-state index in [0.717, 1.165) is 12.5 Å². The van der Waals surface area contributed by atoms with Crippen LogP contribution in [-0.2, 0) is 0 Å². The molecule has 0 amide bonds. The molecule has 1 atom stereocenters. The summed E-state index contributed by atoms with van der Waals surface area (Å²) in [5.74, 6) is 1.56. The van der Waals surface area contributed by atoms with Gasteiger partial charge in [0.2, 0.25) is 0 Å². The van der Waals surface area contributed by atoms with Gasteiger partial charge in [0.1, 0.15) is 0 Å². The molecule has 1 aliphatic rings. The highest BCUT2D eigenvalue weighted by atomic mass is 35.5. The molecule has 1 rings (SSSR count). The second-order valence-corrected chi connectivity index (χ2v) is 4.27. The standard InChI is InChI=1S/C11H20ClN/c1-11-5-4-9-13(10-6-11)8-3-2-7-12/h2-3,11H,4-10H2,1H3. The normalized spacial score (nSPS) is 26.5. The zero-order valence-electron chi connectivity index (χ0n) is 8.51. The Hall–Kier alpha value is -0.0100. The molecule has 0 aromatic heterocycles. The van der Waals surface area contributed by atoms with Gasteiger partial charge >= 0.3 is 0 Å². The van der Waals surface area contributed by atoms with Crippen LogP contribution in [0, 0.1) is 5.92 Å². The average molecular weight is 202 g/mol. The van der Waals surface area contributed by atoms with Crippen LogP contribution >= 0.6 is 11.6 Å². The largest absolute Gasteiger partial charge is 0.300 e. The van der Waals surface area contributed by atoms with E-state index in [2.05, 4.69) is 17.9 Å². The van der Waals surface area contributed by atoms with Crippen molar-refractivity contribution in [2.24, 2.45) is 5.92 Å². The summed E-state index contributed by atoms with van der Waals surface area (Å²) in [6.07, 6.45) is 8.33. The molecule has 0 N–H and O–H groups in total. The van der Waals surface area contributed by atoms with Crippen molar-refractivity contribution in [1.29, 1.82) is 0 Å². The van der Waals surface area contributed by atoms with Crippen LogP contribution in [0.4, 0.5) is 0 Å². The number of nitrogens with zero attached hydrogens (tertiary/aromatic N) is 1. The number of likely N-dealkylation sites (tertiary alicyclic amines) is 1. The van der Waals surface area contributed by atoms with Crippen molar-refractivity contribution >= 4 is 11.6 Å². The van der Waals surface area contributed by atoms with Gasteiger partial charge in [-0.2, -0.15) is 0 Å². The Kier molecular flexibility index (Phi) is 5.49. The molecule has 1 nitrogen and oxygen atoms in total. The van der Waals surface area contributed by atoms with Crippen LogP contribution in [0.3, 0.4) is 0 Å². The van der Waals surface area contributed by atoms with E-state index in [1.807, 2.05) is 6.08 Å². The highest BCUT2D eigenvalue weighted by Gasteiger charge is 2.11. The first-order valence-corrected chi connectivity index (χ1v) is 5.79. The van der Waals surface area contributed by atoms with E-state index < -0.39 is 0 Å². The SMILES string of the molecule is CC1CCCN(CC=CCCl)CC1. The molecular formula is C11H20ClN. The zero-order valence-corrected chi connectivity index (χ0v) is 9.26. The first-order valence-electron chi connectivity index (χ1n) is 5.26. The Balaban J connectivity index is 2.21. The van der Waals surface area contributed by atoms with Crippen molar-refractivity contribution in [2.75, 3.05) is 25.5 Å². The van der Waals surface area contributed by atoms with E-state index in [-0.39, 0.29) is 0 Å². The van der Waals surface area contributed by atoms with Gasteiger partial charge < -0.3 is 0 Å². The molecule has 1 saturated heterocycles. The molecule has 0 aliphatic carbocycles. The van der Waals surface area contributed by atoms with Crippen LogP contribution in [-0.4, -0.2) is 30.4 Å². The first-order chi connectivity index (χ1) is 6.33. The maximum Gasteiger partial charge on any atom is 0.0404 e. The van der Waals surface area contributed by atoms with E-state index in [1.54, 1.807) is 0 Å². The molecule has 1 heterocycles. The smallest absolute Gasteiger partial charge is 0.0404 e. The van der Waals surface area contributed by atoms with Gasteiger partial charge in [-0.1, -0.05) is 19.1 Å². The predicted octanol–water partition coefficient (Wildman–Crippen LogP) is 2.90. The summed E-state index contributed by atoms with van der Waals surface area (Å²) in [5.41, 5.74) is 0. The summed E-state index contributed by atoms with van der Waals surface area (Å²) in [5, 5.41) is 0. The van der Waals surface area contributed by atoms with Crippen molar-refractivity contribution < 1.29 is 0 Å². The Morgan fingerprint density at radius 1 is 1.31 bits per heavy atom. The number of allylic oxidation sites excluding steroid dienone is 1. The number of rotatable bonds is 3. The van der Waals surface area contributed by atoms with Crippen LogP contribution in [0.25, 0.3) is 0 Å². The number of hydrogen-bond acceptors (Lipinski definition) is 1. The molecular weight excluding hydrogens is 182 g/mol. The topological polar surface area (TPSA) is 3.24 Å². The van der Waals surface area contributed by atoms with Gasteiger partial charge in [-0.3, -0.25) is 4.90 Å². The van der Waals surface area contributed by atoms with Crippen molar-refractivity contribution in [3.05, 3.63) is 12.2 Å². The first kappa shape index (κ1) is 11.1. The van der Waals surface area contributed by atoms with E-state index in [9.17, 15) is 0 Å². The average Bonchev–Trinajstić information content (AvgIpc) is 2.32. The maximum absolute atomic E-state index is 5.57. The molecule has 2 heteroatoms. The lowest BCUT2D eigenvalue weighted by Crippen LogP contribution is -2.24. The minimum atomic E-state index is 0.643. The monoisotopic (exact) mass is 201 g/mol. The summed E-state index contributed by atoms with van der Waals surface area (Å²) in [6, 6.07) is 0. The molecule has 0 spiro atoms. The van der Waals surface area contributed by atoms with E-state index in [4.69, 9.17) is 11.6 Å². The van der Waals surface area contributed by atoms with E-state index in [0.29, 0.717) is 5.88 Å². The Bertz CT molecular complexity index is 156. The third kappa shape index (κ3) is 4.68. The molecule has 0 bridgehead atoms. The van der Waals surface area contributed by atoms with Gasteiger partial charge in [0, 0.05) is 12.4 Å². The summed E-state index contributed by atoms with van der Waals surface area (Å²) < 4.78 is 0. The lowest BCUT2D eigenvalue weighted by Gasteiger charge is -2.17. The molecule has 13 heavy (non-hydrogen) atoms. The van der Waals surface area contributed by atoms with Crippen molar-refractivity contribution in [1.82, 2.24) is 4.90 Å². The highest BCUT2D eigenvalue weighted by Crippen LogP contribution is 2.15. The van der Waals surface area contributed by atoms with Crippen LogP contribution in [0.15, 0.2) is 12.2 Å². The predicted molar refractivity (Wildman–Crippen MR) is 59.3 cm³/mol. The third-order valence-electron chi connectivity index (χ3n) is 2.73. The second kappa shape index (κ2) is 6.44. The maximum atomic E-state index is 5.57. The number of hydrogen-bond donors (Lipinski definition) is 0. The summed E-state index contributed by atoms with van der Waals surface area (Å²) in [7, 11) is 0. The molecule has 1 aliphatic heterocycles. The van der Waals surface area contributed by atoms with Crippen LogP contribution < -0.4 is 0 Å². The molecule has 76 valence electrons. The summed E-state index contributed by atoms with van der Waals surface area (Å²) in [4.78, 5) is 2.52. The fourth-order valence-corrected chi connectivity index (χ4v) is 1.92. The molecule has 0 aromatic carbocycles. The molecule has 1 fully saturated rings. The van der Waals surface area contributed by atoms with E-state index >= 15 is 0 Å². The second-order valence-electron chi connectivity index (χ2n) is 3.96. The van der Waals surface area contributed by atoms with Crippen molar-refractivity contribution in [3.63, 3.8) is 0 Å². The Morgan fingerprint density at radius 3 is 2.92 bits per heavy atom. The quantitative estimate of drug-likeness (QED) is 0.502. The van der Waals surface area contributed by atoms with Gasteiger partial charge in [0.05, 0.1) is 0 Å². The van der Waals surface area contributed by atoms with Crippen LogP contribution in [0.1, 0.15) is 26.2 Å². The fourth-order valence-electron chi connectivity index (χ4n) is 1.79. The molecule has 0 aromatic rings. The van der Waals surface area contributed by atoms with Gasteiger partial charge in [0.15, 0.2) is 0 Å². The highest BCUT2D eigenvalue weighted by molar-refractivity contribution is 6.18. The lowest BCUT2D eigenvalue weighted by atomic mass is 10.0. The van der Waals surface area contributed by atoms with Crippen LogP contribution in [0.5, 0.6) is 0 Å². The van der Waals surface area contributed by atoms with Gasteiger partial charge in [-0.15, -0.1) is 11.6 Å². The number of halogens is 1. The van der Waals surface area contributed by atoms with E-state index in [1.165, 1.54) is 32.4 Å². The molecule has 1 unspecified atom stereocenters. The molecule has 0 saturated carbocycles. The summed E-state index contributed by atoms with van der Waals surface area (Å²) in [6.45, 7) is 5.96. The van der Waals surface area contributed by atoms with Gasteiger partial charge in [-0.25, -0.2) is 0 Å². The Morgan fingerprint density at radius 2 is 2.15 bits per heavy atom. The fraction of sp³-hybridized carbons (Fsp3) is 0.818.